The van der Waals surface area contributed by atoms with Crippen LogP contribution in [0.2, 0.25) is 0 Å². The summed E-state index contributed by atoms with van der Waals surface area (Å²) in [6.45, 7) is 4.88. The van der Waals surface area contributed by atoms with E-state index in [0.29, 0.717) is 13.2 Å². The number of methoxy groups -OCH3 is 1. The highest BCUT2D eigenvalue weighted by Crippen LogP contribution is 2.16. The summed E-state index contributed by atoms with van der Waals surface area (Å²) in [6, 6.07) is 0. The Hall–Kier alpha value is -0.810. The standard InChI is InChI=1S/C10H19NO4/c1-7(2)14-9(6-13-4)8-5-11(3)10(12)15-8/h7-9H,5-6H2,1-4H3/t8-,9?/m0/s1. The van der Waals surface area contributed by atoms with E-state index in [1.165, 1.54) is 4.90 Å². The molecule has 5 nitrogen and oxygen atoms in total. The zero-order valence-corrected chi connectivity index (χ0v) is 9.73. The van der Waals surface area contributed by atoms with Gasteiger partial charge in [-0.15, -0.1) is 0 Å². The molecule has 0 aromatic rings. The molecule has 1 fully saturated rings. The maximum absolute atomic E-state index is 11.2. The van der Waals surface area contributed by atoms with E-state index in [2.05, 4.69) is 0 Å². The summed E-state index contributed by atoms with van der Waals surface area (Å²) in [5.74, 6) is 0. The van der Waals surface area contributed by atoms with Gasteiger partial charge in [0.1, 0.15) is 12.2 Å². The van der Waals surface area contributed by atoms with E-state index in [9.17, 15) is 4.79 Å². The van der Waals surface area contributed by atoms with Crippen LogP contribution in [0.5, 0.6) is 0 Å². The highest BCUT2D eigenvalue weighted by atomic mass is 16.6. The van der Waals surface area contributed by atoms with Crippen molar-refractivity contribution in [2.24, 2.45) is 0 Å². The number of carbonyl (C=O) groups is 1. The van der Waals surface area contributed by atoms with Gasteiger partial charge in [0.15, 0.2) is 0 Å². The van der Waals surface area contributed by atoms with Crippen LogP contribution in [0.25, 0.3) is 0 Å². The van der Waals surface area contributed by atoms with Gasteiger partial charge in [0.2, 0.25) is 0 Å². The number of hydrogen-bond acceptors (Lipinski definition) is 4. The highest BCUT2D eigenvalue weighted by molar-refractivity contribution is 5.69. The van der Waals surface area contributed by atoms with Crippen LogP contribution in [0.3, 0.4) is 0 Å². The van der Waals surface area contributed by atoms with Crippen molar-refractivity contribution in [2.45, 2.75) is 32.2 Å². The molecule has 15 heavy (non-hydrogen) atoms. The van der Waals surface area contributed by atoms with Crippen LogP contribution in [0.15, 0.2) is 0 Å². The van der Waals surface area contributed by atoms with Gasteiger partial charge in [-0.25, -0.2) is 4.79 Å². The van der Waals surface area contributed by atoms with Crippen LogP contribution in [0, 0.1) is 0 Å². The quantitative estimate of drug-likeness (QED) is 0.685. The summed E-state index contributed by atoms with van der Waals surface area (Å²) in [5.41, 5.74) is 0. The SMILES string of the molecule is COCC(OC(C)C)[C@@H]1CN(C)C(=O)O1. The lowest BCUT2D eigenvalue weighted by Gasteiger charge is -2.23. The second kappa shape index (κ2) is 5.32. The van der Waals surface area contributed by atoms with Gasteiger partial charge in [-0.2, -0.15) is 0 Å². The molecular weight excluding hydrogens is 198 g/mol. The first-order chi connectivity index (χ1) is 7.04. The van der Waals surface area contributed by atoms with E-state index >= 15 is 0 Å². The molecular formula is C10H19NO4. The predicted octanol–water partition coefficient (Wildman–Crippen LogP) is 0.877. The molecule has 0 spiro atoms. The average Bonchev–Trinajstić information content (AvgIpc) is 2.46. The Morgan fingerprint density at radius 2 is 2.27 bits per heavy atom. The van der Waals surface area contributed by atoms with Crippen LogP contribution in [0.4, 0.5) is 4.79 Å². The molecule has 1 heterocycles. The molecule has 0 aromatic carbocycles. The fourth-order valence-corrected chi connectivity index (χ4v) is 1.54. The molecule has 5 heteroatoms. The number of ether oxygens (including phenoxy) is 3. The summed E-state index contributed by atoms with van der Waals surface area (Å²) >= 11 is 0. The summed E-state index contributed by atoms with van der Waals surface area (Å²) < 4.78 is 15.9. The van der Waals surface area contributed by atoms with Crippen molar-refractivity contribution >= 4 is 6.09 Å². The minimum Gasteiger partial charge on any atom is -0.441 e. The van der Waals surface area contributed by atoms with Crippen molar-refractivity contribution in [3.63, 3.8) is 0 Å². The second-order valence-corrected chi connectivity index (χ2v) is 3.98. The van der Waals surface area contributed by atoms with Gasteiger partial charge in [-0.3, -0.25) is 0 Å². The first-order valence-corrected chi connectivity index (χ1v) is 5.10. The van der Waals surface area contributed by atoms with E-state index in [1.807, 2.05) is 13.8 Å². The Labute approximate surface area is 90.3 Å². The van der Waals surface area contributed by atoms with Crippen LogP contribution < -0.4 is 0 Å². The van der Waals surface area contributed by atoms with E-state index in [0.717, 1.165) is 0 Å². The van der Waals surface area contributed by atoms with E-state index in [4.69, 9.17) is 14.2 Å². The Morgan fingerprint density at radius 3 is 2.67 bits per heavy atom. The van der Waals surface area contributed by atoms with Gasteiger partial charge < -0.3 is 19.1 Å². The number of nitrogens with zero attached hydrogens (tertiary/aromatic N) is 1. The molecule has 0 saturated carbocycles. The van der Waals surface area contributed by atoms with Gasteiger partial charge in [0, 0.05) is 14.2 Å². The van der Waals surface area contributed by atoms with Crippen LogP contribution >= 0.6 is 0 Å². The molecule has 0 radical (unpaired) electrons. The second-order valence-electron chi connectivity index (χ2n) is 3.98. The lowest BCUT2D eigenvalue weighted by atomic mass is 10.2. The number of carbonyl (C=O) groups excluding carboxylic acids is 1. The number of amides is 1. The number of cyclic esters (lactones) is 1. The molecule has 88 valence electrons. The molecule has 0 N–H and O–H groups in total. The van der Waals surface area contributed by atoms with Gasteiger partial charge in [0.25, 0.3) is 0 Å². The fourth-order valence-electron chi connectivity index (χ4n) is 1.54. The smallest absolute Gasteiger partial charge is 0.410 e. The molecule has 1 saturated heterocycles. The maximum Gasteiger partial charge on any atom is 0.410 e. The molecule has 0 aromatic heterocycles. The lowest BCUT2D eigenvalue weighted by Crippen LogP contribution is -2.37. The number of rotatable bonds is 5. The first-order valence-electron chi connectivity index (χ1n) is 5.10. The van der Waals surface area contributed by atoms with Crippen LogP contribution in [-0.4, -0.2) is 56.6 Å². The van der Waals surface area contributed by atoms with Crippen molar-refractivity contribution in [1.82, 2.24) is 4.90 Å². The van der Waals surface area contributed by atoms with Crippen molar-refractivity contribution in [3.8, 4) is 0 Å². The van der Waals surface area contributed by atoms with E-state index < -0.39 is 0 Å². The highest BCUT2D eigenvalue weighted by Gasteiger charge is 2.35. The van der Waals surface area contributed by atoms with Gasteiger partial charge in [0.05, 0.1) is 19.3 Å². The normalized spacial score (nSPS) is 23.4. The van der Waals surface area contributed by atoms with Crippen LogP contribution in [0.1, 0.15) is 13.8 Å². The molecule has 1 aliphatic heterocycles. The zero-order valence-electron chi connectivity index (χ0n) is 9.73. The molecule has 0 bridgehead atoms. The topological polar surface area (TPSA) is 48.0 Å². The summed E-state index contributed by atoms with van der Waals surface area (Å²) in [4.78, 5) is 12.7. The molecule has 1 aliphatic rings. The monoisotopic (exact) mass is 217 g/mol. The number of likely N-dealkylation sites (N-methyl/N-ethyl adjacent to an activating group) is 1. The molecule has 1 amide bonds. The Kier molecular flexibility index (Phi) is 4.35. The third-order valence-corrected chi connectivity index (χ3v) is 2.21. The number of hydrogen-bond donors (Lipinski definition) is 0. The lowest BCUT2D eigenvalue weighted by molar-refractivity contribution is -0.0843. The molecule has 0 aliphatic carbocycles. The average molecular weight is 217 g/mol. The minimum absolute atomic E-state index is 0.0924. The summed E-state index contributed by atoms with van der Waals surface area (Å²) in [5, 5.41) is 0. The van der Waals surface area contributed by atoms with Gasteiger partial charge >= 0.3 is 6.09 Å². The minimum atomic E-state index is -0.298. The van der Waals surface area contributed by atoms with Gasteiger partial charge in [-0.1, -0.05) is 0 Å². The molecule has 2 atom stereocenters. The maximum atomic E-state index is 11.2. The van der Waals surface area contributed by atoms with Gasteiger partial charge in [-0.05, 0) is 13.8 Å². The Bertz CT molecular complexity index is 219. The largest absolute Gasteiger partial charge is 0.441 e. The molecule has 1 rings (SSSR count). The third kappa shape index (κ3) is 3.35. The molecule has 1 unspecified atom stereocenters. The van der Waals surface area contributed by atoms with Crippen LogP contribution in [-0.2, 0) is 14.2 Å². The zero-order chi connectivity index (χ0) is 11.4. The van der Waals surface area contributed by atoms with E-state index in [-0.39, 0.29) is 24.4 Å². The van der Waals surface area contributed by atoms with Crippen molar-refractivity contribution in [2.75, 3.05) is 27.3 Å². The Balaban J connectivity index is 2.52. The Morgan fingerprint density at radius 1 is 1.60 bits per heavy atom. The van der Waals surface area contributed by atoms with Crippen molar-refractivity contribution < 1.29 is 19.0 Å². The van der Waals surface area contributed by atoms with E-state index in [1.54, 1.807) is 14.2 Å². The predicted molar refractivity (Wildman–Crippen MR) is 54.8 cm³/mol. The summed E-state index contributed by atoms with van der Waals surface area (Å²) in [7, 11) is 3.32. The van der Waals surface area contributed by atoms with Crippen molar-refractivity contribution in [3.05, 3.63) is 0 Å². The fraction of sp³-hybridized carbons (Fsp3) is 0.900. The first kappa shape index (κ1) is 12.3. The third-order valence-electron chi connectivity index (χ3n) is 2.21. The van der Waals surface area contributed by atoms with Crippen molar-refractivity contribution in [1.29, 1.82) is 0 Å². The summed E-state index contributed by atoms with van der Waals surface area (Å²) in [6.07, 6.45) is -0.628.